The van der Waals surface area contributed by atoms with Gasteiger partial charge in [-0.05, 0) is 171 Å². The predicted molar refractivity (Wildman–Crippen MR) is 301 cm³/mol. The minimum atomic E-state index is 0.759. The lowest BCUT2D eigenvalue weighted by Gasteiger charge is -1.82. The average molecular weight is 1040 g/mol. The molecule has 0 aromatic carbocycles. The molecule has 18 nitrogen and oxygen atoms in total. The van der Waals surface area contributed by atoms with Crippen LogP contribution in [-0.2, 0) is 0 Å². The molecule has 0 saturated carbocycles. The van der Waals surface area contributed by atoms with Crippen LogP contribution < -0.4 is 0 Å². The Balaban J connectivity index is 0.000000418. The topological polar surface area (TPSA) is 232 Å². The van der Waals surface area contributed by atoms with Crippen molar-refractivity contribution in [2.45, 2.75) is 76.2 Å². The van der Waals surface area contributed by atoms with Crippen LogP contribution in [0.15, 0.2) is 215 Å². The van der Waals surface area contributed by atoms with Gasteiger partial charge in [-0.3, -0.25) is 34.9 Å². The van der Waals surface area contributed by atoms with E-state index in [0.717, 1.165) is 39.9 Å². The fourth-order valence-corrected chi connectivity index (χ4v) is 4.59. The van der Waals surface area contributed by atoms with Crippen LogP contribution >= 0.6 is 11.3 Å². The minimum Gasteiger partial charge on any atom is -0.265 e. The number of aromatic nitrogens is 18. The zero-order chi connectivity index (χ0) is 55.5. The molecule has 0 spiro atoms. The monoisotopic (exact) mass is 1040 g/mol. The summed E-state index contributed by atoms with van der Waals surface area (Å²) in [5, 5.41) is 14.6. The van der Waals surface area contributed by atoms with Crippen LogP contribution in [0.4, 0.5) is 0 Å². The zero-order valence-corrected chi connectivity index (χ0v) is 46.0. The van der Waals surface area contributed by atoms with Crippen LogP contribution in [0.2, 0.25) is 0 Å². The SMILES string of the molecule is Cc1ccccn1.Cc1cccnc1.Cc1cccnn1.Cc1ccncc1.Cc1ccncc1.Cc1ccnnc1.Cc1cnccn1.Cc1cncnc1.Cc1cncs1.Cc1ncccn1.Cc1ncncn1. The second-order valence-corrected chi connectivity index (χ2v) is 16.3. The molecule has 392 valence electrons. The Morgan fingerprint density at radius 2 is 0.829 bits per heavy atom. The summed E-state index contributed by atoms with van der Waals surface area (Å²) in [4.78, 5) is 54.8. The van der Waals surface area contributed by atoms with E-state index in [0.29, 0.717) is 0 Å². The highest BCUT2D eigenvalue weighted by Gasteiger charge is 1.80. The summed E-state index contributed by atoms with van der Waals surface area (Å²) in [6.45, 7) is 21.6. The smallest absolute Gasteiger partial charge is 0.128 e. The molecule has 0 saturated heterocycles. The Morgan fingerprint density at radius 1 is 0.276 bits per heavy atom. The van der Waals surface area contributed by atoms with E-state index in [1.165, 1.54) is 40.5 Å². The van der Waals surface area contributed by atoms with Gasteiger partial charge in [0.15, 0.2) is 0 Å². The zero-order valence-electron chi connectivity index (χ0n) is 45.2. The lowest BCUT2D eigenvalue weighted by atomic mass is 10.3. The molecule has 76 heavy (non-hydrogen) atoms. The second kappa shape index (κ2) is 45.5. The molecule has 0 fully saturated rings. The van der Waals surface area contributed by atoms with E-state index >= 15 is 0 Å². The number of hydrogen-bond donors (Lipinski definition) is 0. The summed E-state index contributed by atoms with van der Waals surface area (Å²) >= 11 is 1.67. The Morgan fingerprint density at radius 3 is 1.08 bits per heavy atom. The van der Waals surface area contributed by atoms with Gasteiger partial charge in [-0.2, -0.15) is 20.4 Å². The minimum absolute atomic E-state index is 0.759. The summed E-state index contributed by atoms with van der Waals surface area (Å²) in [5.41, 5.74) is 10.8. The van der Waals surface area contributed by atoms with Gasteiger partial charge in [-0.15, -0.1) is 11.3 Å². The van der Waals surface area contributed by atoms with Crippen molar-refractivity contribution in [2.75, 3.05) is 0 Å². The third-order valence-electron chi connectivity index (χ3n) is 8.01. The van der Waals surface area contributed by atoms with Gasteiger partial charge >= 0.3 is 0 Å². The van der Waals surface area contributed by atoms with E-state index < -0.39 is 0 Å². The third-order valence-corrected chi connectivity index (χ3v) is 8.71. The van der Waals surface area contributed by atoms with Crippen molar-refractivity contribution in [3.05, 3.63) is 276 Å². The third kappa shape index (κ3) is 43.4. The molecular weight excluding hydrogens is 969 g/mol. The van der Waals surface area contributed by atoms with Gasteiger partial charge in [0.05, 0.1) is 23.1 Å². The van der Waals surface area contributed by atoms with Gasteiger partial charge in [0.25, 0.3) is 0 Å². The van der Waals surface area contributed by atoms with E-state index in [9.17, 15) is 0 Å². The van der Waals surface area contributed by atoms with Gasteiger partial charge in [-0.1, -0.05) is 12.1 Å². The van der Waals surface area contributed by atoms with Crippen molar-refractivity contribution in [3.63, 3.8) is 0 Å². The van der Waals surface area contributed by atoms with E-state index in [1.807, 2.05) is 167 Å². The molecule has 0 N–H and O–H groups in total. The first-order valence-corrected chi connectivity index (χ1v) is 24.3. The summed E-state index contributed by atoms with van der Waals surface area (Å²) < 4.78 is 0. The van der Waals surface area contributed by atoms with Gasteiger partial charge < -0.3 is 0 Å². The van der Waals surface area contributed by atoms with Crippen molar-refractivity contribution in [2.24, 2.45) is 0 Å². The highest BCUT2D eigenvalue weighted by Crippen LogP contribution is 2.00. The number of rotatable bonds is 0. The Hall–Kier alpha value is -9.36. The van der Waals surface area contributed by atoms with Gasteiger partial charge in [0.2, 0.25) is 0 Å². The summed E-state index contributed by atoms with van der Waals surface area (Å²) in [6, 6.07) is 25.2. The number of aryl methyl sites for hydroxylation is 11. The lowest BCUT2D eigenvalue weighted by Crippen LogP contribution is -1.84. The molecule has 0 amide bonds. The maximum atomic E-state index is 3.98. The number of pyridine rings is 4. The first-order valence-electron chi connectivity index (χ1n) is 23.4. The van der Waals surface area contributed by atoms with Crippen molar-refractivity contribution >= 4 is 11.3 Å². The van der Waals surface area contributed by atoms with E-state index in [-0.39, 0.29) is 0 Å². The Bertz CT molecular complexity index is 2260. The fraction of sp³-hybridized carbons (Fsp3) is 0.193. The predicted octanol–water partition coefficient (Wildman–Crippen LogP) is 11.1. The lowest BCUT2D eigenvalue weighted by molar-refractivity contribution is 0.974. The molecule has 11 aromatic rings. The van der Waals surface area contributed by atoms with Crippen molar-refractivity contribution in [1.82, 2.24) is 90.2 Å². The highest BCUT2D eigenvalue weighted by molar-refractivity contribution is 7.09. The van der Waals surface area contributed by atoms with E-state index in [4.69, 9.17) is 0 Å². The van der Waals surface area contributed by atoms with Crippen LogP contribution in [0.25, 0.3) is 0 Å². The maximum absolute atomic E-state index is 3.98. The molecule has 19 heteroatoms. The van der Waals surface area contributed by atoms with Gasteiger partial charge in [-0.25, -0.2) is 34.9 Å². The molecule has 0 aliphatic heterocycles. The normalized spacial score (nSPS) is 8.72. The van der Waals surface area contributed by atoms with E-state index in [2.05, 4.69) is 90.2 Å². The van der Waals surface area contributed by atoms with Crippen LogP contribution in [0.1, 0.15) is 61.4 Å². The number of hydrogen-bond acceptors (Lipinski definition) is 19. The molecular formula is C57H68N18S. The Kier molecular flexibility index (Phi) is 38.7. The molecule has 11 aromatic heterocycles. The first-order chi connectivity index (χ1) is 36.8. The largest absolute Gasteiger partial charge is 0.265 e. The van der Waals surface area contributed by atoms with Crippen molar-refractivity contribution in [3.8, 4) is 0 Å². The molecule has 11 heterocycles. The molecule has 0 atom stereocenters. The maximum Gasteiger partial charge on any atom is 0.128 e. The highest BCUT2D eigenvalue weighted by atomic mass is 32.1. The van der Waals surface area contributed by atoms with Crippen LogP contribution in [0, 0.1) is 76.2 Å². The quantitative estimate of drug-likeness (QED) is 0.137. The van der Waals surface area contributed by atoms with Crippen LogP contribution in [0.3, 0.4) is 0 Å². The van der Waals surface area contributed by atoms with E-state index in [1.54, 1.807) is 117 Å². The van der Waals surface area contributed by atoms with Crippen molar-refractivity contribution < 1.29 is 0 Å². The first kappa shape index (κ1) is 64.7. The van der Waals surface area contributed by atoms with Crippen molar-refractivity contribution in [1.29, 1.82) is 0 Å². The molecule has 0 unspecified atom stereocenters. The average Bonchev–Trinajstić information content (AvgIpc) is 3.93. The second-order valence-electron chi connectivity index (χ2n) is 15.2. The van der Waals surface area contributed by atoms with Crippen LogP contribution in [0.5, 0.6) is 0 Å². The van der Waals surface area contributed by atoms with Gasteiger partial charge in [0, 0.05) is 116 Å². The standard InChI is InChI=1S/4C6H7N.5C5H6N2.C4H5N3.C4H5NS/c2*1-6-2-4-7-5-3-6;1-6-3-2-4-7-5-6;1-6-4-2-3-5-7-6;1-5-2-6-4-7-3-5;1-5-4-6-2-3-7-5;1-5-2-3-6-7-4-5;1-5-6-3-2-4-7-5;1-5-3-2-4-6-7-5;1-4-6-2-5-3-7-4;1-4-2-5-3-6-4/h4*2-5H,1H3;5*2-4H,1H3;2-3H,1H3;2-3H,1H3. The molecule has 0 aliphatic carbocycles. The molecule has 0 aliphatic rings. The van der Waals surface area contributed by atoms with Crippen LogP contribution in [-0.4, -0.2) is 90.2 Å². The fourth-order valence-electron chi connectivity index (χ4n) is 4.18. The number of thiazole rings is 1. The summed E-state index contributed by atoms with van der Waals surface area (Å²) in [5.74, 6) is 1.58. The molecule has 11 rings (SSSR count). The number of nitrogens with zero attached hydrogens (tertiary/aromatic N) is 18. The molecule has 0 bridgehead atoms. The summed E-state index contributed by atoms with van der Waals surface area (Å²) in [6.07, 6.45) is 36.0. The summed E-state index contributed by atoms with van der Waals surface area (Å²) in [7, 11) is 0. The molecule has 0 radical (unpaired) electrons. The van der Waals surface area contributed by atoms with Gasteiger partial charge in [0.1, 0.15) is 30.6 Å². The Labute approximate surface area is 452 Å².